The number of hydrogen-bond acceptors (Lipinski definition) is 5. The third-order valence-corrected chi connectivity index (χ3v) is 23.0. The molecule has 0 aliphatic carbocycles. The van der Waals surface area contributed by atoms with Gasteiger partial charge in [0.25, 0.3) is 16.6 Å². The Bertz CT molecular complexity index is 2030. The first kappa shape index (κ1) is 48.9. The van der Waals surface area contributed by atoms with E-state index in [-0.39, 0.29) is 28.0 Å². The second-order valence-electron chi connectivity index (χ2n) is 19.6. The van der Waals surface area contributed by atoms with Crippen molar-refractivity contribution in [3.63, 3.8) is 0 Å². The summed E-state index contributed by atoms with van der Waals surface area (Å²) in [6.07, 6.45) is 2.59. The number of hydrogen-bond donors (Lipinski definition) is 1. The zero-order chi connectivity index (χ0) is 45.2. The van der Waals surface area contributed by atoms with Gasteiger partial charge in [-0.15, -0.1) is 0 Å². The summed E-state index contributed by atoms with van der Waals surface area (Å²) < 4.78 is 27.6. The number of aliphatic hydroxyl groups is 1. The Kier molecular flexibility index (Phi) is 16.6. The number of allylic oxidation sites excluding steroid dienone is 1. The van der Waals surface area contributed by atoms with Crippen LogP contribution >= 0.6 is 0 Å². The van der Waals surface area contributed by atoms with Gasteiger partial charge in [-0.1, -0.05) is 195 Å². The van der Waals surface area contributed by atoms with Gasteiger partial charge in [-0.3, -0.25) is 0 Å². The number of methoxy groups -OCH3 is 1. The maximum atomic E-state index is 13.0. The van der Waals surface area contributed by atoms with E-state index < -0.39 is 28.3 Å². The molecule has 1 N–H and O–H groups in total. The first-order valence-electron chi connectivity index (χ1n) is 22.5. The predicted octanol–water partition coefficient (Wildman–Crippen LogP) is 10.9. The lowest BCUT2D eigenvalue weighted by Crippen LogP contribution is -2.68. The Morgan fingerprint density at radius 2 is 1.03 bits per heavy atom. The van der Waals surface area contributed by atoms with Crippen molar-refractivity contribution in [3.05, 3.63) is 163 Å². The van der Waals surface area contributed by atoms with E-state index in [2.05, 4.69) is 197 Å². The Morgan fingerprint density at radius 3 is 1.42 bits per heavy atom. The van der Waals surface area contributed by atoms with Crippen molar-refractivity contribution in [1.82, 2.24) is 0 Å². The van der Waals surface area contributed by atoms with Crippen LogP contribution < -0.4 is 25.5 Å². The summed E-state index contributed by atoms with van der Waals surface area (Å²) in [4.78, 5) is 0. The molecule has 0 aliphatic rings. The van der Waals surface area contributed by atoms with E-state index >= 15 is 0 Å². The zero-order valence-corrected chi connectivity index (χ0v) is 41.7. The van der Waals surface area contributed by atoms with Crippen LogP contribution in [-0.4, -0.2) is 53.3 Å². The SMILES string of the molecule is C/C=C(\C)[C@H](O[Si](c1ccccc1)(c1ccccc1)C(C)(C)C)[C@@H](C)CC(C)(O)[C@@H](OCc1ccc(OC)cc1)[C@@H](C)CCO[Si](c1ccccc1)(c1ccccc1)C(C)(C)C. The molecule has 0 bridgehead atoms. The molecule has 0 aromatic heterocycles. The van der Waals surface area contributed by atoms with E-state index in [0.717, 1.165) is 16.9 Å². The molecule has 0 fully saturated rings. The quantitative estimate of drug-likeness (QED) is 0.0624. The molecule has 0 spiro atoms. The second kappa shape index (κ2) is 21.1. The molecule has 5 aromatic carbocycles. The van der Waals surface area contributed by atoms with E-state index in [1.54, 1.807) is 7.11 Å². The summed E-state index contributed by atoms with van der Waals surface area (Å²) in [7, 11) is -4.02. The van der Waals surface area contributed by atoms with Crippen LogP contribution in [0, 0.1) is 11.8 Å². The number of rotatable bonds is 20. The minimum atomic E-state index is -2.93. The minimum Gasteiger partial charge on any atom is -0.497 e. The first-order valence-corrected chi connectivity index (χ1v) is 26.4. The fraction of sp³-hybridized carbons (Fsp3) is 0.418. The highest BCUT2D eigenvalue weighted by atomic mass is 28.4. The smallest absolute Gasteiger partial charge is 0.261 e. The van der Waals surface area contributed by atoms with Gasteiger partial charge in [0, 0.05) is 6.61 Å². The van der Waals surface area contributed by atoms with Crippen LogP contribution in [0.4, 0.5) is 0 Å². The van der Waals surface area contributed by atoms with E-state index in [1.807, 2.05) is 31.2 Å². The summed E-state index contributed by atoms with van der Waals surface area (Å²) >= 11 is 0. The van der Waals surface area contributed by atoms with Gasteiger partial charge >= 0.3 is 0 Å². The molecule has 5 atom stereocenters. The maximum absolute atomic E-state index is 13.0. The Morgan fingerprint density at radius 1 is 0.613 bits per heavy atom. The highest BCUT2D eigenvalue weighted by Gasteiger charge is 2.53. The molecule has 0 saturated carbocycles. The number of benzene rings is 5. The molecule has 5 nitrogen and oxygen atoms in total. The van der Waals surface area contributed by atoms with Crippen LogP contribution in [0.5, 0.6) is 5.75 Å². The highest BCUT2D eigenvalue weighted by Crippen LogP contribution is 2.42. The monoisotopic (exact) mass is 871 g/mol. The van der Waals surface area contributed by atoms with Gasteiger partial charge in [0.05, 0.1) is 31.5 Å². The maximum Gasteiger partial charge on any atom is 0.261 e. The third-order valence-electron chi connectivity index (χ3n) is 12.9. The molecule has 0 radical (unpaired) electrons. The fourth-order valence-electron chi connectivity index (χ4n) is 9.75. The third kappa shape index (κ3) is 11.0. The van der Waals surface area contributed by atoms with Crippen LogP contribution in [0.15, 0.2) is 157 Å². The highest BCUT2D eigenvalue weighted by molar-refractivity contribution is 7.00. The lowest BCUT2D eigenvalue weighted by atomic mass is 9.79. The minimum absolute atomic E-state index is 0.0486. The Hall–Kier alpha value is -4.09. The van der Waals surface area contributed by atoms with E-state index in [4.69, 9.17) is 18.3 Å². The Labute approximate surface area is 376 Å². The molecular weight excluding hydrogens is 797 g/mol. The summed E-state index contributed by atoms with van der Waals surface area (Å²) in [6.45, 7) is 25.5. The van der Waals surface area contributed by atoms with Crippen molar-refractivity contribution >= 4 is 37.4 Å². The lowest BCUT2D eigenvalue weighted by molar-refractivity contribution is -0.141. The van der Waals surface area contributed by atoms with Crippen molar-refractivity contribution in [3.8, 4) is 5.75 Å². The zero-order valence-electron chi connectivity index (χ0n) is 39.7. The molecular formula is C55H74O5Si2. The average molecular weight is 871 g/mol. The summed E-state index contributed by atoms with van der Waals surface area (Å²) in [5, 5.41) is 17.6. The van der Waals surface area contributed by atoms with Crippen molar-refractivity contribution < 1.29 is 23.4 Å². The fourth-order valence-corrected chi connectivity index (χ4v) is 19.1. The van der Waals surface area contributed by atoms with Gasteiger partial charge in [0.1, 0.15) is 5.75 Å². The van der Waals surface area contributed by atoms with Crippen molar-refractivity contribution in [2.24, 2.45) is 11.8 Å². The van der Waals surface area contributed by atoms with Gasteiger partial charge in [-0.25, -0.2) is 0 Å². The van der Waals surface area contributed by atoms with Crippen LogP contribution in [0.2, 0.25) is 10.1 Å². The van der Waals surface area contributed by atoms with Gasteiger partial charge in [0.2, 0.25) is 0 Å². The molecule has 0 aliphatic heterocycles. The largest absolute Gasteiger partial charge is 0.497 e. The van der Waals surface area contributed by atoms with Crippen LogP contribution in [0.1, 0.15) is 94.6 Å². The standard InChI is InChI=1S/C55H74O5Si2/c1-13-42(2)51(60-62(54(8,9)10,49-30-22-16-23-31-49)50-32-24-17-25-33-50)44(4)40-55(11,56)52(58-41-45-34-36-46(57-12)37-35-45)43(3)38-39-59-61(53(5,6)7,47-26-18-14-19-27-47)48-28-20-15-21-29-48/h13-37,43-44,51-52,56H,38-41H2,1-12H3/b42-13+/t43-,44-,51-,52-,55?/m0/s1. The predicted molar refractivity (Wildman–Crippen MR) is 265 cm³/mol. The van der Waals surface area contributed by atoms with Gasteiger partial charge < -0.3 is 23.4 Å². The molecule has 0 saturated heterocycles. The van der Waals surface area contributed by atoms with Crippen LogP contribution in [0.3, 0.4) is 0 Å². The molecule has 1 unspecified atom stereocenters. The van der Waals surface area contributed by atoms with Gasteiger partial charge in [0.15, 0.2) is 0 Å². The summed E-state index contributed by atoms with van der Waals surface area (Å²) in [5.41, 5.74) is 0.959. The molecule has 332 valence electrons. The lowest BCUT2D eigenvalue weighted by Gasteiger charge is -2.47. The first-order chi connectivity index (χ1) is 29.4. The topological polar surface area (TPSA) is 57.2 Å². The van der Waals surface area contributed by atoms with Crippen molar-refractivity contribution in [2.45, 2.75) is 123 Å². The molecule has 0 heterocycles. The second-order valence-corrected chi connectivity index (χ2v) is 28.2. The summed E-state index contributed by atoms with van der Waals surface area (Å²) in [6, 6.07) is 51.2. The van der Waals surface area contributed by atoms with Crippen LogP contribution in [-0.2, 0) is 20.2 Å². The van der Waals surface area contributed by atoms with Gasteiger partial charge in [-0.2, -0.15) is 0 Å². The van der Waals surface area contributed by atoms with Crippen molar-refractivity contribution in [2.75, 3.05) is 13.7 Å². The van der Waals surface area contributed by atoms with Crippen LogP contribution in [0.25, 0.3) is 0 Å². The Balaban J connectivity index is 1.50. The molecule has 5 aromatic rings. The molecule has 62 heavy (non-hydrogen) atoms. The molecule has 7 heteroatoms. The molecule has 0 amide bonds. The number of ether oxygens (including phenoxy) is 2. The summed E-state index contributed by atoms with van der Waals surface area (Å²) in [5.74, 6) is 0.689. The van der Waals surface area contributed by atoms with Gasteiger partial charge in [-0.05, 0) is 99.5 Å². The normalized spacial score (nSPS) is 15.9. The molecule has 5 rings (SSSR count). The van der Waals surface area contributed by atoms with Crippen molar-refractivity contribution in [1.29, 1.82) is 0 Å². The average Bonchev–Trinajstić information content (AvgIpc) is 3.25. The van der Waals surface area contributed by atoms with E-state index in [9.17, 15) is 5.11 Å². The van der Waals surface area contributed by atoms with E-state index in [1.165, 1.54) is 20.7 Å². The van der Waals surface area contributed by atoms with E-state index in [0.29, 0.717) is 26.1 Å².